The molecule has 5 heteroatoms. The first-order valence-electron chi connectivity index (χ1n) is 6.07. The zero-order valence-electron chi connectivity index (χ0n) is 10.3. The molecule has 4 nitrogen and oxygen atoms in total. The normalized spacial score (nSPS) is 19.2. The van der Waals surface area contributed by atoms with Crippen LogP contribution < -0.4 is 5.32 Å². The van der Waals surface area contributed by atoms with Crippen molar-refractivity contribution in [2.45, 2.75) is 18.9 Å². The average molecular weight is 269 g/mol. The van der Waals surface area contributed by atoms with Crippen LogP contribution in [0.2, 0.25) is 5.02 Å². The van der Waals surface area contributed by atoms with E-state index in [0.29, 0.717) is 5.56 Å². The molecular weight excluding hydrogens is 252 g/mol. The summed E-state index contributed by atoms with van der Waals surface area (Å²) in [4.78, 5) is 14.2. The molecule has 2 N–H and O–H groups in total. The van der Waals surface area contributed by atoms with Crippen molar-refractivity contribution in [3.63, 3.8) is 0 Å². The van der Waals surface area contributed by atoms with Crippen molar-refractivity contribution in [1.82, 2.24) is 10.2 Å². The highest BCUT2D eigenvalue weighted by molar-refractivity contribution is 6.32. The Hall–Kier alpha value is -1.26. The van der Waals surface area contributed by atoms with Crippen LogP contribution in [0.5, 0.6) is 5.75 Å². The highest BCUT2D eigenvalue weighted by Gasteiger charge is 2.28. The largest absolute Gasteiger partial charge is 0.506 e. The number of likely N-dealkylation sites (N-methyl/N-ethyl adjacent to an activating group) is 1. The molecule has 1 unspecified atom stereocenters. The molecule has 0 radical (unpaired) electrons. The summed E-state index contributed by atoms with van der Waals surface area (Å²) in [7, 11) is 1.89. The number of rotatable bonds is 3. The third kappa shape index (κ3) is 2.60. The number of hydrogen-bond acceptors (Lipinski definition) is 3. The van der Waals surface area contributed by atoms with Gasteiger partial charge in [-0.25, -0.2) is 0 Å². The lowest BCUT2D eigenvalue weighted by atomic mass is 10.1. The number of benzene rings is 1. The molecule has 98 valence electrons. The van der Waals surface area contributed by atoms with Crippen LogP contribution in [0, 0.1) is 0 Å². The summed E-state index contributed by atoms with van der Waals surface area (Å²) in [5, 5.41) is 12.7. The molecule has 1 aliphatic heterocycles. The second-order valence-electron chi connectivity index (χ2n) is 4.52. The second kappa shape index (κ2) is 5.59. The first kappa shape index (κ1) is 13.2. The van der Waals surface area contributed by atoms with Gasteiger partial charge in [0, 0.05) is 24.7 Å². The van der Waals surface area contributed by atoms with Gasteiger partial charge < -0.3 is 15.3 Å². The quantitative estimate of drug-likeness (QED) is 0.880. The third-order valence-electron chi connectivity index (χ3n) is 3.27. The number of aromatic hydroxyl groups is 1. The Kier molecular flexibility index (Phi) is 4.09. The molecule has 1 fully saturated rings. The Morgan fingerprint density at radius 2 is 2.39 bits per heavy atom. The fourth-order valence-electron chi connectivity index (χ4n) is 2.36. The molecule has 1 aromatic carbocycles. The van der Waals surface area contributed by atoms with Crippen LogP contribution in [0.4, 0.5) is 0 Å². The summed E-state index contributed by atoms with van der Waals surface area (Å²) in [6, 6.07) is 4.83. The molecular formula is C13H17ClN2O2. The number of halogens is 1. The fourth-order valence-corrected chi connectivity index (χ4v) is 2.54. The monoisotopic (exact) mass is 268 g/mol. The molecule has 1 aromatic rings. The van der Waals surface area contributed by atoms with Crippen molar-refractivity contribution in [3.8, 4) is 5.75 Å². The van der Waals surface area contributed by atoms with Crippen molar-refractivity contribution in [2.75, 3.05) is 20.1 Å². The predicted octanol–water partition coefficient (Wildman–Crippen LogP) is 1.87. The molecule has 1 aliphatic rings. The summed E-state index contributed by atoms with van der Waals surface area (Å²) < 4.78 is 0. The molecule has 1 amide bonds. The van der Waals surface area contributed by atoms with Gasteiger partial charge in [0.15, 0.2) is 0 Å². The lowest BCUT2D eigenvalue weighted by Gasteiger charge is -2.24. The summed E-state index contributed by atoms with van der Waals surface area (Å²) in [5.74, 6) is -0.0175. The van der Waals surface area contributed by atoms with Crippen LogP contribution in [0.15, 0.2) is 18.2 Å². The van der Waals surface area contributed by atoms with Crippen LogP contribution in [0.25, 0.3) is 0 Å². The molecule has 1 saturated heterocycles. The number of phenols is 1. The van der Waals surface area contributed by atoms with Crippen LogP contribution in [-0.4, -0.2) is 42.1 Å². The highest BCUT2D eigenvalue weighted by Crippen LogP contribution is 2.26. The van der Waals surface area contributed by atoms with Gasteiger partial charge in [0.1, 0.15) is 5.75 Å². The van der Waals surface area contributed by atoms with Crippen LogP contribution in [-0.2, 0) is 0 Å². The fraction of sp³-hybridized carbons (Fsp3) is 0.462. The predicted molar refractivity (Wildman–Crippen MR) is 71.1 cm³/mol. The van der Waals surface area contributed by atoms with E-state index in [1.54, 1.807) is 6.07 Å². The summed E-state index contributed by atoms with van der Waals surface area (Å²) >= 11 is 5.83. The van der Waals surface area contributed by atoms with E-state index in [1.165, 1.54) is 12.1 Å². The zero-order chi connectivity index (χ0) is 13.1. The number of nitrogens with one attached hydrogen (secondary N) is 1. The summed E-state index contributed by atoms with van der Waals surface area (Å²) in [5.41, 5.74) is 0.529. The van der Waals surface area contributed by atoms with Gasteiger partial charge in [-0.15, -0.1) is 0 Å². The number of hydrogen-bond donors (Lipinski definition) is 2. The van der Waals surface area contributed by atoms with Gasteiger partial charge in [0.2, 0.25) is 0 Å². The van der Waals surface area contributed by atoms with E-state index in [4.69, 9.17) is 11.6 Å². The van der Waals surface area contributed by atoms with E-state index >= 15 is 0 Å². The van der Waals surface area contributed by atoms with E-state index < -0.39 is 0 Å². The average Bonchev–Trinajstić information content (AvgIpc) is 2.80. The van der Waals surface area contributed by atoms with Crippen molar-refractivity contribution < 1.29 is 9.90 Å². The lowest BCUT2D eigenvalue weighted by molar-refractivity contribution is 0.0737. The molecule has 2 rings (SSSR count). The van der Waals surface area contributed by atoms with E-state index in [-0.39, 0.29) is 22.7 Å². The maximum absolute atomic E-state index is 12.4. The van der Waals surface area contributed by atoms with Crippen LogP contribution >= 0.6 is 11.6 Å². The molecule has 1 heterocycles. The van der Waals surface area contributed by atoms with Crippen LogP contribution in [0.3, 0.4) is 0 Å². The molecule has 0 aliphatic carbocycles. The van der Waals surface area contributed by atoms with Crippen molar-refractivity contribution >= 4 is 17.5 Å². The Labute approximate surface area is 112 Å². The van der Waals surface area contributed by atoms with Crippen molar-refractivity contribution in [2.24, 2.45) is 0 Å². The maximum atomic E-state index is 12.4. The van der Waals surface area contributed by atoms with Gasteiger partial charge in [0.05, 0.1) is 5.02 Å². The van der Waals surface area contributed by atoms with Crippen LogP contribution in [0.1, 0.15) is 23.2 Å². The maximum Gasteiger partial charge on any atom is 0.254 e. The topological polar surface area (TPSA) is 52.6 Å². The number of likely N-dealkylation sites (tertiary alicyclic amines) is 1. The van der Waals surface area contributed by atoms with Gasteiger partial charge in [-0.3, -0.25) is 4.79 Å². The molecule has 0 bridgehead atoms. The minimum Gasteiger partial charge on any atom is -0.506 e. The van der Waals surface area contributed by atoms with Gasteiger partial charge in [-0.05, 0) is 38.1 Å². The Bertz CT molecular complexity index is 451. The molecule has 0 spiro atoms. The lowest BCUT2D eigenvalue weighted by Crippen LogP contribution is -2.40. The third-order valence-corrected chi connectivity index (χ3v) is 3.58. The summed E-state index contributed by atoms with van der Waals surface area (Å²) in [6.07, 6.45) is 2.06. The second-order valence-corrected chi connectivity index (χ2v) is 4.93. The SMILES string of the molecule is CNCC1CCCN1C(=O)c1ccc(O)c(Cl)c1. The van der Waals surface area contributed by atoms with Gasteiger partial charge >= 0.3 is 0 Å². The van der Waals surface area contributed by atoms with Gasteiger partial charge in [-0.1, -0.05) is 11.6 Å². The first-order chi connectivity index (χ1) is 8.63. The zero-order valence-corrected chi connectivity index (χ0v) is 11.1. The van der Waals surface area contributed by atoms with E-state index in [1.807, 2.05) is 11.9 Å². The first-order valence-corrected chi connectivity index (χ1v) is 6.45. The summed E-state index contributed by atoms with van der Waals surface area (Å²) in [6.45, 7) is 1.58. The van der Waals surface area contributed by atoms with Gasteiger partial charge in [-0.2, -0.15) is 0 Å². The number of nitrogens with zero attached hydrogens (tertiary/aromatic N) is 1. The van der Waals surface area contributed by atoms with Gasteiger partial charge in [0.25, 0.3) is 5.91 Å². The van der Waals surface area contributed by atoms with E-state index in [9.17, 15) is 9.90 Å². The number of phenolic OH excluding ortho intramolecular Hbond substituents is 1. The van der Waals surface area contributed by atoms with Crippen molar-refractivity contribution in [3.05, 3.63) is 28.8 Å². The Morgan fingerprint density at radius 1 is 1.61 bits per heavy atom. The molecule has 0 saturated carbocycles. The molecule has 18 heavy (non-hydrogen) atoms. The number of carbonyl (C=O) groups is 1. The number of amides is 1. The Balaban J connectivity index is 2.17. The standard InChI is InChI=1S/C13H17ClN2O2/c1-15-8-10-3-2-6-16(10)13(18)9-4-5-12(17)11(14)7-9/h4-5,7,10,15,17H,2-3,6,8H2,1H3. The molecule has 1 atom stereocenters. The Morgan fingerprint density at radius 3 is 3.06 bits per heavy atom. The van der Waals surface area contributed by atoms with Crippen molar-refractivity contribution in [1.29, 1.82) is 0 Å². The molecule has 0 aromatic heterocycles. The number of carbonyl (C=O) groups excluding carboxylic acids is 1. The van der Waals surface area contributed by atoms with E-state index in [0.717, 1.165) is 25.9 Å². The minimum absolute atomic E-state index is 0.00131. The smallest absolute Gasteiger partial charge is 0.254 e. The highest BCUT2D eigenvalue weighted by atomic mass is 35.5. The minimum atomic E-state index is -0.0188. The van der Waals surface area contributed by atoms with E-state index in [2.05, 4.69) is 5.32 Å².